The molecular weight excluding hydrogens is 246 g/mol. The lowest BCUT2D eigenvalue weighted by Gasteiger charge is -2.20. The number of para-hydroxylation sites is 1. The molecule has 2 aromatic rings. The summed E-state index contributed by atoms with van der Waals surface area (Å²) in [6.07, 6.45) is 0.933. The fraction of sp³-hybridized carbons (Fsp3) is 0.214. The van der Waals surface area contributed by atoms with Gasteiger partial charge in [0.05, 0.1) is 11.3 Å². The van der Waals surface area contributed by atoms with Crippen molar-refractivity contribution in [2.75, 3.05) is 18.5 Å². The Hall–Kier alpha value is -1.81. The average Bonchev–Trinajstić information content (AvgIpc) is 2.89. The van der Waals surface area contributed by atoms with E-state index in [0.29, 0.717) is 5.56 Å². The third kappa shape index (κ3) is 2.90. The van der Waals surface area contributed by atoms with Crippen molar-refractivity contribution in [1.82, 2.24) is 0 Å². The van der Waals surface area contributed by atoms with Gasteiger partial charge in [0, 0.05) is 18.5 Å². The third-order valence-corrected chi connectivity index (χ3v) is 3.76. The molecule has 0 saturated heterocycles. The number of carboxylic acid groups (broad SMARTS) is 1. The van der Waals surface area contributed by atoms with Gasteiger partial charge in [0.1, 0.15) is 0 Å². The highest BCUT2D eigenvalue weighted by Gasteiger charge is 2.12. The number of hydrogen-bond acceptors (Lipinski definition) is 3. The quantitative estimate of drug-likeness (QED) is 0.899. The van der Waals surface area contributed by atoms with Gasteiger partial charge in [0.25, 0.3) is 0 Å². The molecule has 0 aliphatic heterocycles. The molecule has 2 rings (SSSR count). The minimum absolute atomic E-state index is 0.353. The van der Waals surface area contributed by atoms with Crippen LogP contribution in [0.5, 0.6) is 0 Å². The van der Waals surface area contributed by atoms with Gasteiger partial charge in [0.2, 0.25) is 0 Å². The number of aromatic carboxylic acids is 1. The van der Waals surface area contributed by atoms with E-state index >= 15 is 0 Å². The van der Waals surface area contributed by atoms with Crippen molar-refractivity contribution in [2.45, 2.75) is 6.42 Å². The number of hydrogen-bond donors (Lipinski definition) is 1. The van der Waals surface area contributed by atoms with Crippen LogP contribution in [-0.4, -0.2) is 24.7 Å². The van der Waals surface area contributed by atoms with Crippen LogP contribution in [0.3, 0.4) is 0 Å². The van der Waals surface area contributed by atoms with Gasteiger partial charge in [-0.15, -0.1) is 11.3 Å². The van der Waals surface area contributed by atoms with Gasteiger partial charge in [0.15, 0.2) is 0 Å². The van der Waals surface area contributed by atoms with Crippen molar-refractivity contribution < 1.29 is 9.90 Å². The molecule has 1 aromatic heterocycles. The van der Waals surface area contributed by atoms with E-state index in [1.807, 2.05) is 30.1 Å². The van der Waals surface area contributed by atoms with Crippen molar-refractivity contribution in [2.24, 2.45) is 0 Å². The fourth-order valence-electron chi connectivity index (χ4n) is 1.84. The Morgan fingerprint density at radius 1 is 1.28 bits per heavy atom. The summed E-state index contributed by atoms with van der Waals surface area (Å²) >= 11 is 1.73. The van der Waals surface area contributed by atoms with Crippen molar-refractivity contribution in [3.8, 4) is 0 Å². The van der Waals surface area contributed by atoms with Crippen LogP contribution in [0.1, 0.15) is 15.2 Å². The molecule has 94 valence electrons. The van der Waals surface area contributed by atoms with Gasteiger partial charge in [-0.05, 0) is 30.0 Å². The predicted molar refractivity (Wildman–Crippen MR) is 74.7 cm³/mol. The summed E-state index contributed by atoms with van der Waals surface area (Å²) in [6, 6.07) is 11.2. The van der Waals surface area contributed by atoms with E-state index in [4.69, 9.17) is 5.11 Å². The molecule has 0 atom stereocenters. The zero-order valence-electron chi connectivity index (χ0n) is 10.2. The van der Waals surface area contributed by atoms with Crippen molar-refractivity contribution in [3.05, 3.63) is 52.2 Å². The first-order chi connectivity index (χ1) is 8.68. The predicted octanol–water partition coefficient (Wildman–Crippen LogP) is 3.13. The standard InChI is InChI=1S/C14H15NO2S/c1-15(9-8-11-5-4-10-18-11)13-7-3-2-6-12(13)14(16)17/h2-7,10H,8-9H2,1H3,(H,16,17). The van der Waals surface area contributed by atoms with Crippen LogP contribution >= 0.6 is 11.3 Å². The number of rotatable bonds is 5. The minimum atomic E-state index is -0.881. The van der Waals surface area contributed by atoms with Crippen LogP contribution in [-0.2, 0) is 6.42 Å². The van der Waals surface area contributed by atoms with Crippen LogP contribution in [0.25, 0.3) is 0 Å². The van der Waals surface area contributed by atoms with Crippen LogP contribution < -0.4 is 4.90 Å². The number of benzene rings is 1. The molecule has 18 heavy (non-hydrogen) atoms. The average molecular weight is 261 g/mol. The summed E-state index contributed by atoms with van der Waals surface area (Å²) in [5, 5.41) is 11.2. The Labute approximate surface area is 110 Å². The van der Waals surface area contributed by atoms with E-state index in [9.17, 15) is 4.79 Å². The summed E-state index contributed by atoms with van der Waals surface area (Å²) in [4.78, 5) is 14.4. The van der Waals surface area contributed by atoms with Gasteiger partial charge in [-0.2, -0.15) is 0 Å². The van der Waals surface area contributed by atoms with E-state index < -0.39 is 5.97 Å². The maximum atomic E-state index is 11.1. The zero-order valence-corrected chi connectivity index (χ0v) is 11.0. The third-order valence-electron chi connectivity index (χ3n) is 2.82. The number of likely N-dealkylation sites (N-methyl/N-ethyl adjacent to an activating group) is 1. The Morgan fingerprint density at radius 2 is 2.06 bits per heavy atom. The van der Waals surface area contributed by atoms with E-state index in [2.05, 4.69) is 11.4 Å². The van der Waals surface area contributed by atoms with E-state index in [1.165, 1.54) is 4.88 Å². The number of nitrogens with zero attached hydrogens (tertiary/aromatic N) is 1. The monoisotopic (exact) mass is 261 g/mol. The topological polar surface area (TPSA) is 40.5 Å². The number of thiophene rings is 1. The molecule has 0 aliphatic rings. The molecule has 3 nitrogen and oxygen atoms in total. The van der Waals surface area contributed by atoms with Crippen LogP contribution in [0.15, 0.2) is 41.8 Å². The summed E-state index contributed by atoms with van der Waals surface area (Å²) in [7, 11) is 1.93. The molecule has 0 bridgehead atoms. The maximum Gasteiger partial charge on any atom is 0.337 e. The molecule has 0 amide bonds. The van der Waals surface area contributed by atoms with Crippen LogP contribution in [0, 0.1) is 0 Å². The molecule has 1 heterocycles. The minimum Gasteiger partial charge on any atom is -0.478 e. The van der Waals surface area contributed by atoms with Gasteiger partial charge < -0.3 is 10.0 Å². The smallest absolute Gasteiger partial charge is 0.337 e. The van der Waals surface area contributed by atoms with Gasteiger partial charge in [-0.1, -0.05) is 18.2 Å². The van der Waals surface area contributed by atoms with Gasteiger partial charge in [-0.3, -0.25) is 0 Å². The molecular formula is C14H15NO2S. The molecule has 0 saturated carbocycles. The number of carbonyl (C=O) groups is 1. The lowest BCUT2D eigenvalue weighted by molar-refractivity contribution is 0.0697. The Kier molecular flexibility index (Phi) is 3.99. The second-order valence-electron chi connectivity index (χ2n) is 4.07. The molecule has 4 heteroatoms. The SMILES string of the molecule is CN(CCc1cccs1)c1ccccc1C(=O)O. The van der Waals surface area contributed by atoms with Crippen LogP contribution in [0.2, 0.25) is 0 Å². The fourth-order valence-corrected chi connectivity index (χ4v) is 2.54. The molecule has 0 fully saturated rings. The normalized spacial score (nSPS) is 10.3. The molecule has 0 aliphatic carbocycles. The Morgan fingerprint density at radius 3 is 2.72 bits per heavy atom. The highest BCUT2D eigenvalue weighted by atomic mass is 32.1. The van der Waals surface area contributed by atoms with Gasteiger partial charge in [-0.25, -0.2) is 4.79 Å². The molecule has 1 aromatic carbocycles. The first-order valence-electron chi connectivity index (χ1n) is 5.74. The van der Waals surface area contributed by atoms with E-state index in [0.717, 1.165) is 18.7 Å². The Balaban J connectivity index is 2.09. The lowest BCUT2D eigenvalue weighted by atomic mass is 10.1. The van der Waals surface area contributed by atoms with Gasteiger partial charge >= 0.3 is 5.97 Å². The van der Waals surface area contributed by atoms with Crippen molar-refractivity contribution in [3.63, 3.8) is 0 Å². The molecule has 0 unspecified atom stereocenters. The lowest BCUT2D eigenvalue weighted by Crippen LogP contribution is -2.22. The molecule has 0 radical (unpaired) electrons. The molecule has 0 spiro atoms. The second kappa shape index (κ2) is 5.69. The van der Waals surface area contributed by atoms with Crippen LogP contribution in [0.4, 0.5) is 5.69 Å². The highest BCUT2D eigenvalue weighted by Crippen LogP contribution is 2.20. The maximum absolute atomic E-state index is 11.1. The largest absolute Gasteiger partial charge is 0.478 e. The summed E-state index contributed by atoms with van der Waals surface area (Å²) < 4.78 is 0. The highest BCUT2D eigenvalue weighted by molar-refractivity contribution is 7.09. The Bertz CT molecular complexity index is 522. The van der Waals surface area contributed by atoms with E-state index in [-0.39, 0.29) is 0 Å². The van der Waals surface area contributed by atoms with Crippen molar-refractivity contribution in [1.29, 1.82) is 0 Å². The van der Waals surface area contributed by atoms with E-state index in [1.54, 1.807) is 23.5 Å². The summed E-state index contributed by atoms with van der Waals surface area (Å²) in [6.45, 7) is 0.810. The second-order valence-corrected chi connectivity index (χ2v) is 5.11. The number of anilines is 1. The van der Waals surface area contributed by atoms with Crippen molar-refractivity contribution >= 4 is 23.0 Å². The zero-order chi connectivity index (χ0) is 13.0. The summed E-state index contributed by atoms with van der Waals surface area (Å²) in [5.74, 6) is -0.881. The summed E-state index contributed by atoms with van der Waals surface area (Å²) in [5.41, 5.74) is 1.12. The first-order valence-corrected chi connectivity index (χ1v) is 6.62. The number of carboxylic acids is 1. The first kappa shape index (κ1) is 12.6. The molecule has 1 N–H and O–H groups in total.